The van der Waals surface area contributed by atoms with Gasteiger partial charge in [-0.1, -0.05) is 0 Å². The number of piperazine rings is 1. The zero-order valence-electron chi connectivity index (χ0n) is 18.6. The Kier molecular flexibility index (Phi) is 7.14. The summed E-state index contributed by atoms with van der Waals surface area (Å²) in [7, 11) is 1.48. The molecule has 34 heavy (non-hydrogen) atoms. The van der Waals surface area contributed by atoms with Crippen molar-refractivity contribution in [1.82, 2.24) is 5.32 Å². The summed E-state index contributed by atoms with van der Waals surface area (Å²) in [5.74, 6) is -0.0316. The monoisotopic (exact) mass is 460 g/mol. The number of carbonyl (C=O) groups excluding carboxylic acids is 1. The van der Waals surface area contributed by atoms with Crippen LogP contribution in [-0.2, 0) is 0 Å². The number of esters is 1. The summed E-state index contributed by atoms with van der Waals surface area (Å²) < 4.78 is 10.8. The van der Waals surface area contributed by atoms with E-state index in [0.717, 1.165) is 37.4 Å². The minimum Gasteiger partial charge on any atom is -0.493 e. The Morgan fingerprint density at radius 2 is 1.74 bits per heavy atom. The average molecular weight is 460 g/mol. The van der Waals surface area contributed by atoms with Gasteiger partial charge in [-0.25, -0.2) is 4.79 Å². The molecular weight excluding hydrogens is 436 g/mol. The number of hydrogen-bond donors (Lipinski definition) is 1. The van der Waals surface area contributed by atoms with Crippen molar-refractivity contribution in [2.45, 2.75) is 0 Å². The topological polar surface area (TPSA) is 106 Å². The number of hydrogen-bond acceptors (Lipinski definition) is 8. The smallest absolute Gasteiger partial charge is 0.343 e. The fraction of sp³-hybridized carbons (Fsp3) is 0.200. The molecule has 9 heteroatoms. The molecule has 0 bridgehead atoms. The molecule has 0 saturated carbocycles. The minimum absolute atomic E-state index is 0.101. The number of benzene rings is 3. The normalized spacial score (nSPS) is 13.6. The first kappa shape index (κ1) is 22.9. The van der Waals surface area contributed by atoms with Gasteiger partial charge in [0, 0.05) is 50.2 Å². The van der Waals surface area contributed by atoms with Gasteiger partial charge in [0.05, 0.1) is 23.3 Å². The zero-order chi connectivity index (χ0) is 23.9. The SMILES string of the molecule is COc1cc(C=Nc2ccc(N3CCNCC3)cc2)ccc1OC(=O)c1ccc([N+](=O)[O-])cc1. The second-order valence-corrected chi connectivity index (χ2v) is 7.62. The van der Waals surface area contributed by atoms with E-state index in [1.165, 1.54) is 37.1 Å². The average Bonchev–Trinajstić information content (AvgIpc) is 2.89. The lowest BCUT2D eigenvalue weighted by atomic mass is 10.2. The maximum Gasteiger partial charge on any atom is 0.343 e. The Labute approximate surface area is 196 Å². The number of rotatable bonds is 7. The van der Waals surface area contributed by atoms with Gasteiger partial charge in [0.1, 0.15) is 0 Å². The summed E-state index contributed by atoms with van der Waals surface area (Å²) in [6.07, 6.45) is 1.71. The van der Waals surface area contributed by atoms with Crippen LogP contribution in [0.2, 0.25) is 0 Å². The third-order valence-corrected chi connectivity index (χ3v) is 5.40. The number of nitro groups is 1. The van der Waals surface area contributed by atoms with Gasteiger partial charge in [-0.05, 0) is 60.2 Å². The second kappa shape index (κ2) is 10.6. The first-order valence-electron chi connectivity index (χ1n) is 10.8. The van der Waals surface area contributed by atoms with E-state index in [1.807, 2.05) is 12.1 Å². The van der Waals surface area contributed by atoms with E-state index in [2.05, 4.69) is 27.3 Å². The number of anilines is 1. The van der Waals surface area contributed by atoms with Gasteiger partial charge in [0.15, 0.2) is 11.5 Å². The van der Waals surface area contributed by atoms with E-state index in [4.69, 9.17) is 9.47 Å². The number of nitrogens with one attached hydrogen (secondary N) is 1. The molecule has 9 nitrogen and oxygen atoms in total. The summed E-state index contributed by atoms with van der Waals surface area (Å²) in [5, 5.41) is 14.1. The zero-order valence-corrected chi connectivity index (χ0v) is 18.6. The van der Waals surface area contributed by atoms with Crippen LogP contribution in [0.1, 0.15) is 15.9 Å². The van der Waals surface area contributed by atoms with Crippen LogP contribution in [0.3, 0.4) is 0 Å². The van der Waals surface area contributed by atoms with Crippen LogP contribution in [-0.4, -0.2) is 50.4 Å². The van der Waals surface area contributed by atoms with Gasteiger partial charge in [-0.15, -0.1) is 0 Å². The van der Waals surface area contributed by atoms with Gasteiger partial charge in [-0.2, -0.15) is 0 Å². The van der Waals surface area contributed by atoms with Gasteiger partial charge in [-0.3, -0.25) is 15.1 Å². The van der Waals surface area contributed by atoms with Crippen LogP contribution in [0, 0.1) is 10.1 Å². The highest BCUT2D eigenvalue weighted by Crippen LogP contribution is 2.29. The molecule has 1 heterocycles. The predicted molar refractivity (Wildman–Crippen MR) is 130 cm³/mol. The van der Waals surface area contributed by atoms with E-state index in [1.54, 1.807) is 24.4 Å². The van der Waals surface area contributed by atoms with E-state index < -0.39 is 10.9 Å². The molecule has 1 fully saturated rings. The van der Waals surface area contributed by atoms with Gasteiger partial charge in [0.25, 0.3) is 5.69 Å². The lowest BCUT2D eigenvalue weighted by Crippen LogP contribution is -2.43. The van der Waals surface area contributed by atoms with Crippen molar-refractivity contribution >= 4 is 29.2 Å². The van der Waals surface area contributed by atoms with Crippen molar-refractivity contribution in [1.29, 1.82) is 0 Å². The molecule has 0 atom stereocenters. The molecule has 0 unspecified atom stereocenters. The Balaban J connectivity index is 1.42. The van der Waals surface area contributed by atoms with Crippen LogP contribution in [0.5, 0.6) is 11.5 Å². The molecule has 0 radical (unpaired) electrons. The molecule has 1 saturated heterocycles. The minimum atomic E-state index is -0.640. The maximum atomic E-state index is 12.4. The van der Waals surface area contributed by atoms with Crippen LogP contribution in [0.15, 0.2) is 71.7 Å². The van der Waals surface area contributed by atoms with Crippen molar-refractivity contribution in [2.75, 3.05) is 38.2 Å². The molecule has 0 aliphatic carbocycles. The van der Waals surface area contributed by atoms with Crippen molar-refractivity contribution in [3.63, 3.8) is 0 Å². The van der Waals surface area contributed by atoms with Crippen LogP contribution in [0.4, 0.5) is 17.1 Å². The Hall–Kier alpha value is -4.24. The Morgan fingerprint density at radius 3 is 2.38 bits per heavy atom. The molecule has 4 rings (SSSR count). The quantitative estimate of drug-likeness (QED) is 0.187. The number of nitro benzene ring substituents is 1. The second-order valence-electron chi connectivity index (χ2n) is 7.62. The first-order valence-corrected chi connectivity index (χ1v) is 10.8. The molecule has 174 valence electrons. The predicted octanol–water partition coefficient (Wildman–Crippen LogP) is 3.98. The number of carbonyl (C=O) groups is 1. The first-order chi connectivity index (χ1) is 16.5. The number of ether oxygens (including phenoxy) is 2. The lowest BCUT2D eigenvalue weighted by Gasteiger charge is -2.29. The molecule has 0 aromatic heterocycles. The highest BCUT2D eigenvalue weighted by molar-refractivity contribution is 5.92. The van der Waals surface area contributed by atoms with Crippen molar-refractivity contribution < 1.29 is 19.2 Å². The van der Waals surface area contributed by atoms with Crippen LogP contribution >= 0.6 is 0 Å². The fourth-order valence-corrected chi connectivity index (χ4v) is 3.55. The third kappa shape index (κ3) is 5.57. The fourth-order valence-electron chi connectivity index (χ4n) is 3.55. The van der Waals surface area contributed by atoms with Gasteiger partial charge < -0.3 is 19.7 Å². The number of aliphatic imine (C=N–C) groups is 1. The molecular formula is C25H24N4O5. The summed E-state index contributed by atoms with van der Waals surface area (Å²) in [5.41, 5.74) is 2.88. The number of methoxy groups -OCH3 is 1. The summed E-state index contributed by atoms with van der Waals surface area (Å²) in [6.45, 7) is 3.95. The van der Waals surface area contributed by atoms with Crippen LogP contribution in [0.25, 0.3) is 0 Å². The number of non-ortho nitro benzene ring substituents is 1. The summed E-state index contributed by atoms with van der Waals surface area (Å²) >= 11 is 0. The molecule has 1 aliphatic heterocycles. The Morgan fingerprint density at radius 1 is 1.03 bits per heavy atom. The van der Waals surface area contributed by atoms with E-state index in [-0.39, 0.29) is 17.0 Å². The summed E-state index contributed by atoms with van der Waals surface area (Å²) in [6, 6.07) is 18.4. The van der Waals surface area contributed by atoms with Gasteiger partial charge >= 0.3 is 5.97 Å². The van der Waals surface area contributed by atoms with Gasteiger partial charge in [0.2, 0.25) is 0 Å². The number of nitrogens with zero attached hydrogens (tertiary/aromatic N) is 3. The molecule has 1 N–H and O–H groups in total. The molecule has 3 aromatic carbocycles. The highest BCUT2D eigenvalue weighted by Gasteiger charge is 2.15. The largest absolute Gasteiger partial charge is 0.493 e. The molecule has 1 aliphatic rings. The van der Waals surface area contributed by atoms with Crippen molar-refractivity contribution in [3.8, 4) is 11.5 Å². The molecule has 0 amide bonds. The lowest BCUT2D eigenvalue weighted by molar-refractivity contribution is -0.384. The third-order valence-electron chi connectivity index (χ3n) is 5.40. The van der Waals surface area contributed by atoms with E-state index in [0.29, 0.717) is 5.75 Å². The van der Waals surface area contributed by atoms with E-state index in [9.17, 15) is 14.9 Å². The van der Waals surface area contributed by atoms with Crippen molar-refractivity contribution in [3.05, 3.63) is 88.0 Å². The van der Waals surface area contributed by atoms with E-state index >= 15 is 0 Å². The van der Waals surface area contributed by atoms with Crippen molar-refractivity contribution in [2.24, 2.45) is 4.99 Å². The maximum absolute atomic E-state index is 12.4. The summed E-state index contributed by atoms with van der Waals surface area (Å²) in [4.78, 5) is 29.5. The Bertz CT molecular complexity index is 1190. The van der Waals surface area contributed by atoms with Crippen LogP contribution < -0.4 is 19.7 Å². The standard InChI is InChI=1S/C25H24N4O5/c1-33-24-16-18(17-27-20-5-9-21(10-6-20)28-14-12-26-13-15-28)2-11-23(24)34-25(30)19-3-7-22(8-4-19)29(31)32/h2-11,16-17,26H,12-15H2,1H3. The molecule has 3 aromatic rings. The highest BCUT2D eigenvalue weighted by atomic mass is 16.6. The molecule has 0 spiro atoms.